The van der Waals surface area contributed by atoms with Crippen molar-refractivity contribution in [2.75, 3.05) is 7.11 Å². The molecule has 0 saturated heterocycles. The Morgan fingerprint density at radius 2 is 2.36 bits per heavy atom. The molecule has 0 aliphatic carbocycles. The van der Waals surface area contributed by atoms with Gasteiger partial charge in [0.05, 0.1) is 17.0 Å². The SMILES string of the molecule is COC(C)(C)CC(=O)Cc1nccs1. The Morgan fingerprint density at radius 1 is 1.64 bits per heavy atom. The Bertz CT molecular complexity index is 293. The first-order valence-electron chi connectivity index (χ1n) is 4.49. The molecule has 4 heteroatoms. The monoisotopic (exact) mass is 213 g/mol. The molecule has 3 nitrogen and oxygen atoms in total. The van der Waals surface area contributed by atoms with E-state index < -0.39 is 0 Å². The Kier molecular flexibility index (Phi) is 3.77. The first-order valence-corrected chi connectivity index (χ1v) is 5.37. The lowest BCUT2D eigenvalue weighted by Crippen LogP contribution is -2.27. The van der Waals surface area contributed by atoms with Gasteiger partial charge in [0.15, 0.2) is 0 Å². The van der Waals surface area contributed by atoms with Gasteiger partial charge in [0, 0.05) is 25.1 Å². The zero-order valence-corrected chi connectivity index (χ0v) is 9.56. The maximum atomic E-state index is 11.6. The Hall–Kier alpha value is -0.740. The number of thiazole rings is 1. The summed E-state index contributed by atoms with van der Waals surface area (Å²) in [6.07, 6.45) is 2.57. The van der Waals surface area contributed by atoms with E-state index in [1.807, 2.05) is 19.2 Å². The highest BCUT2D eigenvalue weighted by Gasteiger charge is 2.21. The van der Waals surface area contributed by atoms with Gasteiger partial charge in [0.2, 0.25) is 0 Å². The van der Waals surface area contributed by atoms with Crippen molar-refractivity contribution in [2.45, 2.75) is 32.3 Å². The van der Waals surface area contributed by atoms with Crippen LogP contribution in [0.5, 0.6) is 0 Å². The van der Waals surface area contributed by atoms with E-state index in [-0.39, 0.29) is 11.4 Å². The molecule has 0 N–H and O–H groups in total. The molecular formula is C10H15NO2S. The van der Waals surface area contributed by atoms with Gasteiger partial charge in [-0.2, -0.15) is 0 Å². The molecule has 0 saturated carbocycles. The molecule has 14 heavy (non-hydrogen) atoms. The number of carbonyl (C=O) groups is 1. The quantitative estimate of drug-likeness (QED) is 0.751. The molecule has 0 spiro atoms. The topological polar surface area (TPSA) is 39.2 Å². The van der Waals surface area contributed by atoms with Gasteiger partial charge in [-0.15, -0.1) is 11.3 Å². The van der Waals surface area contributed by atoms with Gasteiger partial charge < -0.3 is 4.74 Å². The molecular weight excluding hydrogens is 198 g/mol. The Morgan fingerprint density at radius 3 is 2.86 bits per heavy atom. The number of ether oxygens (including phenoxy) is 1. The lowest BCUT2D eigenvalue weighted by Gasteiger charge is -2.21. The van der Waals surface area contributed by atoms with Crippen molar-refractivity contribution in [3.05, 3.63) is 16.6 Å². The lowest BCUT2D eigenvalue weighted by atomic mass is 10.0. The van der Waals surface area contributed by atoms with Crippen LogP contribution in [-0.4, -0.2) is 23.5 Å². The fraction of sp³-hybridized carbons (Fsp3) is 0.600. The summed E-state index contributed by atoms with van der Waals surface area (Å²) >= 11 is 1.51. The van der Waals surface area contributed by atoms with Gasteiger partial charge in [0.25, 0.3) is 0 Å². The van der Waals surface area contributed by atoms with Gasteiger partial charge in [0.1, 0.15) is 5.78 Å². The van der Waals surface area contributed by atoms with Crippen LogP contribution >= 0.6 is 11.3 Å². The van der Waals surface area contributed by atoms with E-state index in [0.29, 0.717) is 12.8 Å². The third-order valence-electron chi connectivity index (χ3n) is 2.01. The van der Waals surface area contributed by atoms with Crippen LogP contribution in [0.1, 0.15) is 25.3 Å². The number of methoxy groups -OCH3 is 1. The van der Waals surface area contributed by atoms with Gasteiger partial charge in [-0.3, -0.25) is 4.79 Å². The summed E-state index contributed by atoms with van der Waals surface area (Å²) in [5.74, 6) is 0.173. The largest absolute Gasteiger partial charge is 0.378 e. The van der Waals surface area contributed by atoms with E-state index in [1.165, 1.54) is 11.3 Å². The van der Waals surface area contributed by atoms with Crippen molar-refractivity contribution < 1.29 is 9.53 Å². The van der Waals surface area contributed by atoms with Gasteiger partial charge in [-0.25, -0.2) is 4.98 Å². The second-order valence-electron chi connectivity index (χ2n) is 3.78. The minimum atomic E-state index is -0.367. The van der Waals surface area contributed by atoms with Crippen molar-refractivity contribution in [2.24, 2.45) is 0 Å². The second-order valence-corrected chi connectivity index (χ2v) is 4.76. The van der Waals surface area contributed by atoms with Gasteiger partial charge in [-0.1, -0.05) is 0 Å². The van der Waals surface area contributed by atoms with Crippen LogP contribution in [0.25, 0.3) is 0 Å². The molecule has 0 aliphatic heterocycles. The molecule has 1 aromatic heterocycles. The number of nitrogens with zero attached hydrogens (tertiary/aromatic N) is 1. The maximum Gasteiger partial charge on any atom is 0.142 e. The van der Waals surface area contributed by atoms with E-state index in [1.54, 1.807) is 13.3 Å². The number of rotatable bonds is 5. The summed E-state index contributed by atoms with van der Waals surface area (Å²) in [7, 11) is 1.62. The molecule has 0 fully saturated rings. The van der Waals surface area contributed by atoms with Gasteiger partial charge >= 0.3 is 0 Å². The zero-order chi connectivity index (χ0) is 10.6. The zero-order valence-electron chi connectivity index (χ0n) is 8.74. The fourth-order valence-electron chi connectivity index (χ4n) is 1.12. The molecule has 0 atom stereocenters. The molecule has 78 valence electrons. The highest BCUT2D eigenvalue weighted by Crippen LogP contribution is 2.15. The first kappa shape index (κ1) is 11.3. The summed E-state index contributed by atoms with van der Waals surface area (Å²) in [6.45, 7) is 3.82. The predicted molar refractivity (Wildman–Crippen MR) is 56.5 cm³/mol. The maximum absolute atomic E-state index is 11.6. The molecule has 0 bridgehead atoms. The summed E-state index contributed by atoms with van der Waals surface area (Å²) in [5.41, 5.74) is -0.367. The van der Waals surface area contributed by atoms with Crippen molar-refractivity contribution in [1.82, 2.24) is 4.98 Å². The predicted octanol–water partition coefficient (Wildman–Crippen LogP) is 2.07. The second kappa shape index (κ2) is 4.66. The number of hydrogen-bond donors (Lipinski definition) is 0. The van der Waals surface area contributed by atoms with E-state index in [4.69, 9.17) is 4.74 Å². The number of Topliss-reactive ketones (excluding diaryl/α,β-unsaturated/α-hetero) is 1. The third-order valence-corrected chi connectivity index (χ3v) is 2.79. The normalized spacial score (nSPS) is 11.6. The van der Waals surface area contributed by atoms with Crippen LogP contribution in [0.2, 0.25) is 0 Å². The molecule has 0 aliphatic rings. The average molecular weight is 213 g/mol. The highest BCUT2D eigenvalue weighted by molar-refractivity contribution is 7.09. The van der Waals surface area contributed by atoms with Crippen LogP contribution in [-0.2, 0) is 16.0 Å². The molecule has 0 amide bonds. The summed E-state index contributed by atoms with van der Waals surface area (Å²) < 4.78 is 5.19. The highest BCUT2D eigenvalue weighted by atomic mass is 32.1. The summed E-state index contributed by atoms with van der Waals surface area (Å²) in [6, 6.07) is 0. The number of carbonyl (C=O) groups excluding carboxylic acids is 1. The Labute approximate surface area is 88.1 Å². The Balaban J connectivity index is 2.44. The van der Waals surface area contributed by atoms with Crippen molar-refractivity contribution in [3.8, 4) is 0 Å². The van der Waals surface area contributed by atoms with E-state index in [2.05, 4.69) is 4.98 Å². The summed E-state index contributed by atoms with van der Waals surface area (Å²) in [5, 5.41) is 2.76. The molecule has 1 aromatic rings. The van der Waals surface area contributed by atoms with Crippen LogP contribution in [0, 0.1) is 0 Å². The fourth-order valence-corrected chi connectivity index (χ4v) is 1.76. The smallest absolute Gasteiger partial charge is 0.142 e. The van der Waals surface area contributed by atoms with Crippen LogP contribution in [0.4, 0.5) is 0 Å². The van der Waals surface area contributed by atoms with Gasteiger partial charge in [-0.05, 0) is 13.8 Å². The van der Waals surface area contributed by atoms with Crippen LogP contribution in [0.15, 0.2) is 11.6 Å². The van der Waals surface area contributed by atoms with Crippen molar-refractivity contribution >= 4 is 17.1 Å². The van der Waals surface area contributed by atoms with E-state index in [9.17, 15) is 4.79 Å². The van der Waals surface area contributed by atoms with Crippen LogP contribution < -0.4 is 0 Å². The third kappa shape index (κ3) is 3.55. The van der Waals surface area contributed by atoms with Crippen LogP contribution in [0.3, 0.4) is 0 Å². The van der Waals surface area contributed by atoms with Crippen molar-refractivity contribution in [1.29, 1.82) is 0 Å². The molecule has 1 heterocycles. The molecule has 0 unspecified atom stereocenters. The molecule has 1 rings (SSSR count). The lowest BCUT2D eigenvalue weighted by molar-refractivity contribution is -0.123. The summed E-state index contributed by atoms with van der Waals surface area (Å²) in [4.78, 5) is 15.6. The van der Waals surface area contributed by atoms with E-state index >= 15 is 0 Å². The minimum absolute atomic E-state index is 0.173. The first-order chi connectivity index (χ1) is 6.53. The standard InChI is InChI=1S/C10H15NO2S/c1-10(2,13-3)7-8(12)6-9-11-4-5-14-9/h4-5H,6-7H2,1-3H3. The average Bonchev–Trinajstić information content (AvgIpc) is 2.55. The number of hydrogen-bond acceptors (Lipinski definition) is 4. The number of ketones is 1. The van der Waals surface area contributed by atoms with E-state index in [0.717, 1.165) is 5.01 Å². The minimum Gasteiger partial charge on any atom is -0.378 e. The number of aromatic nitrogens is 1. The molecule has 0 aromatic carbocycles. The molecule has 0 radical (unpaired) electrons. The van der Waals surface area contributed by atoms with Crippen molar-refractivity contribution in [3.63, 3.8) is 0 Å².